The van der Waals surface area contributed by atoms with E-state index in [4.69, 9.17) is 0 Å². The molecule has 3 nitrogen and oxygen atoms in total. The van der Waals surface area contributed by atoms with Gasteiger partial charge in [0.2, 0.25) is 0 Å². The Morgan fingerprint density at radius 1 is 1.04 bits per heavy atom. The van der Waals surface area contributed by atoms with Gasteiger partial charge in [-0.1, -0.05) is 53.5 Å². The maximum atomic E-state index is 12.4. The molecule has 1 unspecified atom stereocenters. The van der Waals surface area contributed by atoms with Crippen LogP contribution >= 0.6 is 15.9 Å². The van der Waals surface area contributed by atoms with Crippen LogP contribution in [0.1, 0.15) is 81.6 Å². The van der Waals surface area contributed by atoms with Crippen molar-refractivity contribution in [1.29, 1.82) is 0 Å². The normalized spacial score (nSPS) is 29.8. The minimum atomic E-state index is -0.653. The Morgan fingerprint density at radius 2 is 1.62 bits per heavy atom. The average molecular weight is 421 g/mol. The van der Waals surface area contributed by atoms with Crippen LogP contribution in [-0.2, 0) is 10.2 Å². The highest BCUT2D eigenvalue weighted by atomic mass is 79.9. The number of rotatable bonds is 5. The number of carboxylic acid groups (broad SMARTS) is 1. The molecule has 3 aliphatic carbocycles. The number of benzene rings is 1. The molecule has 2 bridgehead atoms. The topological polar surface area (TPSA) is 54.4 Å². The number of fused-ring (bicyclic) bond motifs is 4. The molecule has 1 aromatic carbocycles. The fourth-order valence-corrected chi connectivity index (χ4v) is 5.40. The molecule has 0 radical (unpaired) electrons. The van der Waals surface area contributed by atoms with E-state index in [9.17, 15) is 14.7 Å². The molecule has 0 amide bonds. The summed E-state index contributed by atoms with van der Waals surface area (Å²) in [6.45, 7) is 5.64. The molecule has 3 fully saturated rings. The van der Waals surface area contributed by atoms with Crippen LogP contribution in [0.5, 0.6) is 0 Å². The van der Waals surface area contributed by atoms with Crippen molar-refractivity contribution in [3.8, 4) is 0 Å². The number of ketones is 1. The highest BCUT2D eigenvalue weighted by Crippen LogP contribution is 2.58. The van der Waals surface area contributed by atoms with Crippen LogP contribution in [0, 0.1) is 11.3 Å². The largest absolute Gasteiger partial charge is 0.481 e. The molecule has 4 rings (SSSR count). The third-order valence-electron chi connectivity index (χ3n) is 7.12. The summed E-state index contributed by atoms with van der Waals surface area (Å²) in [6, 6.07) is 8.18. The van der Waals surface area contributed by atoms with Crippen molar-refractivity contribution in [2.75, 3.05) is 0 Å². The standard InChI is InChI=1S/C22H29BrO3/c1-15(19(25)26)21-9-4-10-22(13-11-21,14-12-21)17-7-5-16(6-8-17)18(24)20(2,3)23/h5-8,15H,4,9-14H2,1-3H3,(H,25,26). The Bertz CT molecular complexity index is 691. The number of alkyl halides is 1. The number of hydrogen-bond acceptors (Lipinski definition) is 2. The second-order valence-electron chi connectivity index (χ2n) is 8.94. The molecule has 0 heterocycles. The number of carbonyl (C=O) groups is 2. The molecule has 3 aliphatic rings. The molecule has 142 valence electrons. The van der Waals surface area contributed by atoms with Crippen LogP contribution in [0.4, 0.5) is 0 Å². The first-order valence-corrected chi connectivity index (χ1v) is 10.5. The first-order valence-electron chi connectivity index (χ1n) is 9.67. The van der Waals surface area contributed by atoms with Gasteiger partial charge in [0.15, 0.2) is 5.78 Å². The highest BCUT2D eigenvalue weighted by molar-refractivity contribution is 9.10. The minimum Gasteiger partial charge on any atom is -0.481 e. The van der Waals surface area contributed by atoms with E-state index in [2.05, 4.69) is 28.1 Å². The Labute approximate surface area is 164 Å². The summed E-state index contributed by atoms with van der Waals surface area (Å²) in [5, 5.41) is 9.53. The van der Waals surface area contributed by atoms with Gasteiger partial charge in [0.05, 0.1) is 10.2 Å². The molecule has 0 aromatic heterocycles. The van der Waals surface area contributed by atoms with Gasteiger partial charge in [-0.3, -0.25) is 9.59 Å². The van der Waals surface area contributed by atoms with Crippen molar-refractivity contribution < 1.29 is 14.7 Å². The SMILES string of the molecule is CC(C(=O)O)C12CCCC(c3ccc(C(=O)C(C)(C)Br)cc3)(CC1)CC2. The summed E-state index contributed by atoms with van der Waals surface area (Å²) >= 11 is 3.45. The Morgan fingerprint density at radius 3 is 2.12 bits per heavy atom. The Balaban J connectivity index is 1.83. The zero-order chi connectivity index (χ0) is 19.2. The molecule has 4 heteroatoms. The fourth-order valence-electron chi connectivity index (χ4n) is 5.17. The lowest BCUT2D eigenvalue weighted by Crippen LogP contribution is -2.39. The lowest BCUT2D eigenvalue weighted by Gasteiger charge is -2.45. The van der Waals surface area contributed by atoms with E-state index >= 15 is 0 Å². The van der Waals surface area contributed by atoms with Gasteiger partial charge < -0.3 is 5.11 Å². The smallest absolute Gasteiger partial charge is 0.306 e. The molecular weight excluding hydrogens is 392 g/mol. The molecule has 1 atom stereocenters. The first kappa shape index (κ1) is 19.6. The van der Waals surface area contributed by atoms with Crippen molar-refractivity contribution in [1.82, 2.24) is 0 Å². The summed E-state index contributed by atoms with van der Waals surface area (Å²) in [5.41, 5.74) is 2.19. The maximum Gasteiger partial charge on any atom is 0.306 e. The van der Waals surface area contributed by atoms with Gasteiger partial charge in [-0.25, -0.2) is 0 Å². The van der Waals surface area contributed by atoms with Crippen LogP contribution in [0.3, 0.4) is 0 Å². The number of carboxylic acids is 1. The van der Waals surface area contributed by atoms with Gasteiger partial charge in [-0.2, -0.15) is 0 Å². The fraction of sp³-hybridized carbons (Fsp3) is 0.636. The monoisotopic (exact) mass is 420 g/mol. The highest BCUT2D eigenvalue weighted by Gasteiger charge is 2.50. The van der Waals surface area contributed by atoms with Crippen LogP contribution in [0.2, 0.25) is 0 Å². The van der Waals surface area contributed by atoms with Crippen LogP contribution in [0.15, 0.2) is 24.3 Å². The molecular formula is C22H29BrO3. The first-order chi connectivity index (χ1) is 12.1. The molecule has 1 aromatic rings. The van der Waals surface area contributed by atoms with Crippen molar-refractivity contribution >= 4 is 27.7 Å². The van der Waals surface area contributed by atoms with Crippen LogP contribution < -0.4 is 0 Å². The van der Waals surface area contributed by atoms with Crippen molar-refractivity contribution in [2.24, 2.45) is 11.3 Å². The van der Waals surface area contributed by atoms with E-state index in [-0.39, 0.29) is 22.5 Å². The molecule has 26 heavy (non-hydrogen) atoms. The predicted molar refractivity (Wildman–Crippen MR) is 107 cm³/mol. The molecule has 0 spiro atoms. The maximum absolute atomic E-state index is 12.4. The molecule has 3 saturated carbocycles. The Kier molecular flexibility index (Phi) is 5.11. The minimum absolute atomic E-state index is 0.0261. The molecule has 0 aliphatic heterocycles. The number of aliphatic carboxylic acids is 1. The van der Waals surface area contributed by atoms with Crippen molar-refractivity contribution in [2.45, 2.75) is 75.5 Å². The lowest BCUT2D eigenvalue weighted by molar-refractivity contribution is -0.147. The van der Waals surface area contributed by atoms with E-state index in [0.717, 1.165) is 50.5 Å². The van der Waals surface area contributed by atoms with E-state index in [1.54, 1.807) is 0 Å². The summed E-state index contributed by atoms with van der Waals surface area (Å²) in [4.78, 5) is 24.0. The average Bonchev–Trinajstić information content (AvgIpc) is 2.92. The molecule has 0 saturated heterocycles. The third kappa shape index (κ3) is 3.37. The number of halogens is 1. The van der Waals surface area contributed by atoms with Gasteiger partial charge in [0.1, 0.15) is 0 Å². The van der Waals surface area contributed by atoms with Gasteiger partial charge in [0, 0.05) is 5.56 Å². The van der Waals surface area contributed by atoms with Crippen molar-refractivity contribution in [3.63, 3.8) is 0 Å². The summed E-state index contributed by atoms with van der Waals surface area (Å²) in [5.74, 6) is -0.820. The Hall–Kier alpha value is -1.16. The van der Waals surface area contributed by atoms with Gasteiger partial charge in [-0.15, -0.1) is 0 Å². The summed E-state index contributed by atoms with van der Waals surface area (Å²) in [7, 11) is 0. The second-order valence-corrected chi connectivity index (χ2v) is 10.9. The number of hydrogen-bond donors (Lipinski definition) is 1. The molecule has 1 N–H and O–H groups in total. The van der Waals surface area contributed by atoms with Gasteiger partial charge in [-0.05, 0) is 68.8 Å². The lowest BCUT2D eigenvalue weighted by atomic mass is 9.59. The number of carbonyl (C=O) groups excluding carboxylic acids is 1. The van der Waals surface area contributed by atoms with E-state index in [1.807, 2.05) is 32.9 Å². The number of Topliss-reactive ketones (excluding diaryl/α,β-unsaturated/α-hetero) is 1. The van der Waals surface area contributed by atoms with Crippen molar-refractivity contribution in [3.05, 3.63) is 35.4 Å². The third-order valence-corrected chi connectivity index (χ3v) is 7.48. The summed E-state index contributed by atoms with van der Waals surface area (Å²) < 4.78 is -0.549. The van der Waals surface area contributed by atoms with Gasteiger partial charge in [0.25, 0.3) is 0 Å². The van der Waals surface area contributed by atoms with E-state index in [1.165, 1.54) is 5.56 Å². The second kappa shape index (κ2) is 6.78. The predicted octanol–water partition coefficient (Wildman–Crippen LogP) is 5.75. The quantitative estimate of drug-likeness (QED) is 0.487. The van der Waals surface area contributed by atoms with Crippen LogP contribution in [-0.4, -0.2) is 21.2 Å². The van der Waals surface area contributed by atoms with E-state index in [0.29, 0.717) is 0 Å². The zero-order valence-electron chi connectivity index (χ0n) is 16.0. The van der Waals surface area contributed by atoms with E-state index < -0.39 is 10.3 Å². The zero-order valence-corrected chi connectivity index (χ0v) is 17.6. The van der Waals surface area contributed by atoms with Gasteiger partial charge >= 0.3 is 5.97 Å². The summed E-state index contributed by atoms with van der Waals surface area (Å²) in [6.07, 6.45) is 7.34. The van der Waals surface area contributed by atoms with Crippen LogP contribution in [0.25, 0.3) is 0 Å².